The number of benzene rings is 2. The van der Waals surface area contributed by atoms with Gasteiger partial charge in [0.05, 0.1) is 23.7 Å². The van der Waals surface area contributed by atoms with Gasteiger partial charge in [0.25, 0.3) is 5.91 Å². The van der Waals surface area contributed by atoms with Crippen molar-refractivity contribution in [3.63, 3.8) is 0 Å². The third kappa shape index (κ3) is 5.99. The van der Waals surface area contributed by atoms with Crippen molar-refractivity contribution in [1.29, 1.82) is 0 Å². The van der Waals surface area contributed by atoms with Crippen molar-refractivity contribution in [2.24, 2.45) is 5.92 Å². The summed E-state index contributed by atoms with van der Waals surface area (Å²) in [6.45, 7) is 0.655. The Hall–Kier alpha value is -3.28. The number of hydrogen-bond acceptors (Lipinski definition) is 7. The van der Waals surface area contributed by atoms with E-state index in [4.69, 9.17) is 9.47 Å². The molecular weight excluding hydrogens is 462 g/mol. The van der Waals surface area contributed by atoms with Gasteiger partial charge in [-0.25, -0.2) is 13.2 Å². The smallest absolute Gasteiger partial charge is 0.338 e. The summed E-state index contributed by atoms with van der Waals surface area (Å²) in [6.07, 6.45) is 1.79. The first kappa shape index (κ1) is 23.9. The molecule has 0 atom stereocenters. The summed E-state index contributed by atoms with van der Waals surface area (Å²) in [7, 11) is -3.70. The van der Waals surface area contributed by atoms with E-state index in [0.717, 1.165) is 12.8 Å². The molecule has 1 saturated carbocycles. The molecule has 0 unspecified atom stereocenters. The summed E-state index contributed by atoms with van der Waals surface area (Å²) in [6, 6.07) is 12.1. The van der Waals surface area contributed by atoms with Crippen LogP contribution in [0.3, 0.4) is 0 Å². The topological polar surface area (TPSA) is 131 Å². The summed E-state index contributed by atoms with van der Waals surface area (Å²) in [5.74, 6) is -1.27. The van der Waals surface area contributed by atoms with Gasteiger partial charge in [-0.1, -0.05) is 6.07 Å². The van der Waals surface area contributed by atoms with Gasteiger partial charge in [-0.3, -0.25) is 9.59 Å². The van der Waals surface area contributed by atoms with Crippen molar-refractivity contribution in [1.82, 2.24) is 4.31 Å². The number of rotatable bonds is 8. The molecule has 1 saturated heterocycles. The predicted molar refractivity (Wildman–Crippen MR) is 123 cm³/mol. The standard InChI is InChI=1S/C23H25N3O7S/c27-21(15-33-23(29)17-6-8-18(9-7-17)25-22(28)16-4-5-16)24-19-2-1-3-20(14-19)34(30,31)26-10-12-32-13-11-26/h1-3,6-9,14,16H,4-5,10-13,15H2,(H,24,27)(H,25,28). The Morgan fingerprint density at radius 2 is 1.68 bits per heavy atom. The van der Waals surface area contributed by atoms with Crippen LogP contribution >= 0.6 is 0 Å². The minimum absolute atomic E-state index is 0.0335. The molecule has 2 N–H and O–H groups in total. The number of anilines is 2. The summed E-state index contributed by atoms with van der Waals surface area (Å²) in [4.78, 5) is 36.3. The molecule has 4 rings (SSSR count). The van der Waals surface area contributed by atoms with E-state index in [1.54, 1.807) is 18.2 Å². The van der Waals surface area contributed by atoms with Crippen LogP contribution in [0.5, 0.6) is 0 Å². The minimum atomic E-state index is -3.70. The summed E-state index contributed by atoms with van der Waals surface area (Å²) in [5.41, 5.74) is 1.08. The predicted octanol–water partition coefficient (Wildman–Crippen LogP) is 1.85. The maximum Gasteiger partial charge on any atom is 0.338 e. The number of esters is 1. The highest BCUT2D eigenvalue weighted by atomic mass is 32.2. The zero-order valence-electron chi connectivity index (χ0n) is 18.4. The fraction of sp³-hybridized carbons (Fsp3) is 0.348. The number of nitrogens with zero attached hydrogens (tertiary/aromatic N) is 1. The molecule has 10 nitrogen and oxygen atoms in total. The van der Waals surface area contributed by atoms with Crippen LogP contribution in [-0.2, 0) is 29.1 Å². The maximum atomic E-state index is 12.8. The number of carbonyl (C=O) groups is 3. The van der Waals surface area contributed by atoms with Gasteiger partial charge >= 0.3 is 5.97 Å². The van der Waals surface area contributed by atoms with Crippen molar-refractivity contribution in [2.45, 2.75) is 17.7 Å². The van der Waals surface area contributed by atoms with E-state index in [2.05, 4.69) is 10.6 Å². The van der Waals surface area contributed by atoms with Gasteiger partial charge in [0, 0.05) is 30.4 Å². The van der Waals surface area contributed by atoms with E-state index in [1.165, 1.54) is 34.6 Å². The molecule has 1 heterocycles. The lowest BCUT2D eigenvalue weighted by molar-refractivity contribution is -0.119. The van der Waals surface area contributed by atoms with E-state index >= 15 is 0 Å². The van der Waals surface area contributed by atoms with Crippen LogP contribution in [0.2, 0.25) is 0 Å². The quantitative estimate of drug-likeness (QED) is 0.543. The number of amides is 2. The first-order chi connectivity index (χ1) is 16.3. The van der Waals surface area contributed by atoms with Crippen molar-refractivity contribution in [3.05, 3.63) is 54.1 Å². The first-order valence-electron chi connectivity index (χ1n) is 10.9. The molecule has 2 fully saturated rings. The van der Waals surface area contributed by atoms with E-state index in [0.29, 0.717) is 18.9 Å². The molecular formula is C23H25N3O7S. The molecule has 1 aliphatic heterocycles. The lowest BCUT2D eigenvalue weighted by atomic mass is 10.2. The molecule has 0 radical (unpaired) electrons. The monoisotopic (exact) mass is 487 g/mol. The Balaban J connectivity index is 1.29. The molecule has 0 aromatic heterocycles. The van der Waals surface area contributed by atoms with Crippen LogP contribution in [0.4, 0.5) is 11.4 Å². The van der Waals surface area contributed by atoms with Crippen LogP contribution in [0.15, 0.2) is 53.4 Å². The fourth-order valence-electron chi connectivity index (χ4n) is 3.36. The Labute approximate surface area is 197 Å². The maximum absolute atomic E-state index is 12.8. The molecule has 2 amide bonds. The van der Waals surface area contributed by atoms with Crippen LogP contribution in [0.25, 0.3) is 0 Å². The first-order valence-corrected chi connectivity index (χ1v) is 12.3. The molecule has 11 heteroatoms. The molecule has 2 aromatic rings. The van der Waals surface area contributed by atoms with Crippen LogP contribution in [0.1, 0.15) is 23.2 Å². The summed E-state index contributed by atoms with van der Waals surface area (Å²) in [5, 5.41) is 5.32. The van der Waals surface area contributed by atoms with E-state index in [1.807, 2.05) is 0 Å². The van der Waals surface area contributed by atoms with Crippen LogP contribution in [0, 0.1) is 5.92 Å². The zero-order chi connectivity index (χ0) is 24.1. The number of morpholine rings is 1. The largest absolute Gasteiger partial charge is 0.452 e. The molecule has 2 aromatic carbocycles. The summed E-state index contributed by atoms with van der Waals surface area (Å²) < 4.78 is 37.1. The number of nitrogens with one attached hydrogen (secondary N) is 2. The third-order valence-corrected chi connectivity index (χ3v) is 7.29. The van der Waals surface area contributed by atoms with Gasteiger partial charge < -0.3 is 20.1 Å². The highest BCUT2D eigenvalue weighted by Crippen LogP contribution is 2.30. The Morgan fingerprint density at radius 1 is 0.971 bits per heavy atom. The highest BCUT2D eigenvalue weighted by molar-refractivity contribution is 7.89. The lowest BCUT2D eigenvalue weighted by Crippen LogP contribution is -2.40. The Bertz CT molecular complexity index is 1170. The normalized spacial score (nSPS) is 16.5. The fourth-order valence-corrected chi connectivity index (χ4v) is 4.82. The molecule has 2 aliphatic rings. The lowest BCUT2D eigenvalue weighted by Gasteiger charge is -2.26. The van der Waals surface area contributed by atoms with Gasteiger partial charge in [-0.15, -0.1) is 0 Å². The van der Waals surface area contributed by atoms with Crippen molar-refractivity contribution < 1.29 is 32.3 Å². The average Bonchev–Trinajstić information content (AvgIpc) is 3.69. The number of ether oxygens (including phenoxy) is 2. The van der Waals surface area contributed by atoms with Gasteiger partial charge in [0.1, 0.15) is 0 Å². The van der Waals surface area contributed by atoms with Crippen molar-refractivity contribution >= 4 is 39.2 Å². The molecule has 180 valence electrons. The van der Waals surface area contributed by atoms with Crippen molar-refractivity contribution in [3.8, 4) is 0 Å². The minimum Gasteiger partial charge on any atom is -0.452 e. The highest BCUT2D eigenvalue weighted by Gasteiger charge is 2.29. The second-order valence-corrected chi connectivity index (χ2v) is 9.95. The Kier molecular flexibility index (Phi) is 7.25. The zero-order valence-corrected chi connectivity index (χ0v) is 19.2. The summed E-state index contributed by atoms with van der Waals surface area (Å²) >= 11 is 0. The SMILES string of the molecule is O=C(COC(=O)c1ccc(NC(=O)C2CC2)cc1)Nc1cccc(S(=O)(=O)N2CCOCC2)c1. The number of sulfonamides is 1. The van der Waals surface area contributed by atoms with E-state index in [-0.39, 0.29) is 41.1 Å². The van der Waals surface area contributed by atoms with E-state index in [9.17, 15) is 22.8 Å². The average molecular weight is 488 g/mol. The van der Waals surface area contributed by atoms with Crippen LogP contribution < -0.4 is 10.6 Å². The molecule has 0 spiro atoms. The molecule has 0 bridgehead atoms. The van der Waals surface area contributed by atoms with Crippen molar-refractivity contribution in [2.75, 3.05) is 43.5 Å². The molecule has 1 aliphatic carbocycles. The van der Waals surface area contributed by atoms with E-state index < -0.39 is 28.5 Å². The van der Waals surface area contributed by atoms with Gasteiger partial charge in [-0.05, 0) is 55.3 Å². The van der Waals surface area contributed by atoms with Gasteiger partial charge in [0.15, 0.2) is 6.61 Å². The molecule has 34 heavy (non-hydrogen) atoms. The Morgan fingerprint density at radius 3 is 2.35 bits per heavy atom. The van der Waals surface area contributed by atoms with Gasteiger partial charge in [-0.2, -0.15) is 4.31 Å². The van der Waals surface area contributed by atoms with Crippen LogP contribution in [-0.4, -0.2) is 63.4 Å². The number of hydrogen-bond donors (Lipinski definition) is 2. The second-order valence-electron chi connectivity index (χ2n) is 8.01. The second kappa shape index (κ2) is 10.3. The van der Waals surface area contributed by atoms with Gasteiger partial charge in [0.2, 0.25) is 15.9 Å². The third-order valence-electron chi connectivity index (χ3n) is 5.40. The number of carbonyl (C=O) groups excluding carboxylic acids is 3.